The molecule has 0 radical (unpaired) electrons. The summed E-state index contributed by atoms with van der Waals surface area (Å²) in [5.74, 6) is 0. The van der Waals surface area contributed by atoms with E-state index in [0.717, 1.165) is 16.5 Å². The van der Waals surface area contributed by atoms with Crippen molar-refractivity contribution in [1.29, 1.82) is 0 Å². The number of aryl methyl sites for hydroxylation is 1. The van der Waals surface area contributed by atoms with E-state index in [1.54, 1.807) is 12.1 Å². The fourth-order valence-corrected chi connectivity index (χ4v) is 5.65. The molecular formula is C17H18O2SSe. The Labute approximate surface area is 133 Å². The topological polar surface area (TPSA) is 34.1 Å². The van der Waals surface area contributed by atoms with Gasteiger partial charge in [-0.05, 0) is 0 Å². The van der Waals surface area contributed by atoms with Gasteiger partial charge in [0, 0.05) is 0 Å². The standard InChI is InChI=1S/C17H18O2SSe/c1-3-16(21-17-7-5-4-6-8-17)13-20(18,19)15-11-9-14(2)10-12-15/h4-13H,3H2,1-2H3/b16-13+. The molecule has 0 saturated heterocycles. The van der Waals surface area contributed by atoms with E-state index in [4.69, 9.17) is 0 Å². The van der Waals surface area contributed by atoms with E-state index in [1.807, 2.05) is 56.3 Å². The quantitative estimate of drug-likeness (QED) is 0.764. The van der Waals surface area contributed by atoms with Gasteiger partial charge in [-0.15, -0.1) is 0 Å². The Morgan fingerprint density at radius 2 is 1.67 bits per heavy atom. The Balaban J connectivity index is 2.28. The zero-order chi connectivity index (χ0) is 15.3. The number of hydrogen-bond acceptors (Lipinski definition) is 2. The van der Waals surface area contributed by atoms with Crippen LogP contribution in [0.3, 0.4) is 0 Å². The zero-order valence-corrected chi connectivity index (χ0v) is 14.6. The van der Waals surface area contributed by atoms with Gasteiger partial charge >= 0.3 is 133 Å². The Hall–Kier alpha value is -1.35. The molecule has 0 unspecified atom stereocenters. The predicted octanol–water partition coefficient (Wildman–Crippen LogP) is 3.05. The summed E-state index contributed by atoms with van der Waals surface area (Å²) in [7, 11) is -3.35. The summed E-state index contributed by atoms with van der Waals surface area (Å²) >= 11 is 0.0494. The molecule has 2 aromatic carbocycles. The van der Waals surface area contributed by atoms with Crippen LogP contribution in [-0.4, -0.2) is 23.4 Å². The van der Waals surface area contributed by atoms with Crippen LogP contribution in [-0.2, 0) is 9.84 Å². The van der Waals surface area contributed by atoms with Crippen LogP contribution in [0.4, 0.5) is 0 Å². The van der Waals surface area contributed by atoms with Crippen LogP contribution < -0.4 is 4.46 Å². The third kappa shape index (κ3) is 4.57. The third-order valence-electron chi connectivity index (χ3n) is 2.98. The molecule has 0 aromatic heterocycles. The SMILES string of the molecule is CC/C(=C\S(=O)(=O)c1ccc(C)cc1)[Se]c1ccccc1. The molecule has 2 rings (SSSR count). The molecule has 110 valence electrons. The molecule has 21 heavy (non-hydrogen) atoms. The summed E-state index contributed by atoms with van der Waals surface area (Å²) in [5, 5.41) is 1.45. The van der Waals surface area contributed by atoms with E-state index in [-0.39, 0.29) is 15.0 Å². The molecule has 0 saturated carbocycles. The summed E-state index contributed by atoms with van der Waals surface area (Å²) < 4.78 is 27.0. The van der Waals surface area contributed by atoms with E-state index in [9.17, 15) is 8.42 Å². The molecule has 0 spiro atoms. The van der Waals surface area contributed by atoms with Crippen molar-refractivity contribution in [3.05, 3.63) is 70.0 Å². The van der Waals surface area contributed by atoms with Crippen molar-refractivity contribution in [3.8, 4) is 0 Å². The van der Waals surface area contributed by atoms with Gasteiger partial charge in [0.25, 0.3) is 0 Å². The Kier molecular flexibility index (Phi) is 5.40. The van der Waals surface area contributed by atoms with Gasteiger partial charge in [0.05, 0.1) is 0 Å². The predicted molar refractivity (Wildman–Crippen MR) is 88.6 cm³/mol. The molecule has 2 aromatic rings. The van der Waals surface area contributed by atoms with Crippen LogP contribution in [0.2, 0.25) is 0 Å². The van der Waals surface area contributed by atoms with E-state index in [0.29, 0.717) is 4.90 Å². The van der Waals surface area contributed by atoms with Crippen molar-refractivity contribution < 1.29 is 8.42 Å². The van der Waals surface area contributed by atoms with Crippen LogP contribution in [0.5, 0.6) is 0 Å². The Morgan fingerprint density at radius 3 is 2.24 bits per heavy atom. The molecule has 0 aliphatic rings. The van der Waals surface area contributed by atoms with Crippen LogP contribution >= 0.6 is 0 Å². The van der Waals surface area contributed by atoms with Gasteiger partial charge in [0.15, 0.2) is 0 Å². The van der Waals surface area contributed by atoms with Gasteiger partial charge in [-0.3, -0.25) is 0 Å². The summed E-state index contributed by atoms with van der Waals surface area (Å²) in [4.78, 5) is 0.364. The zero-order valence-electron chi connectivity index (χ0n) is 12.1. The van der Waals surface area contributed by atoms with E-state index >= 15 is 0 Å². The molecule has 2 nitrogen and oxygen atoms in total. The normalized spacial score (nSPS) is 12.4. The van der Waals surface area contributed by atoms with Gasteiger partial charge in [0.2, 0.25) is 0 Å². The first-order valence-corrected chi connectivity index (χ1v) is 10.0. The first-order valence-electron chi connectivity index (χ1n) is 6.76. The number of sulfone groups is 1. The summed E-state index contributed by atoms with van der Waals surface area (Å²) in [6.07, 6.45) is 0.750. The minimum absolute atomic E-state index is 0.0494. The second-order valence-corrected chi connectivity index (χ2v) is 9.03. The second-order valence-electron chi connectivity index (χ2n) is 4.71. The second kappa shape index (κ2) is 7.08. The van der Waals surface area contributed by atoms with Crippen molar-refractivity contribution in [2.75, 3.05) is 0 Å². The van der Waals surface area contributed by atoms with Crippen molar-refractivity contribution in [1.82, 2.24) is 0 Å². The molecule has 0 amide bonds. The third-order valence-corrected chi connectivity index (χ3v) is 7.31. The molecular weight excluding hydrogens is 347 g/mol. The molecule has 0 aliphatic carbocycles. The molecule has 0 atom stereocenters. The van der Waals surface area contributed by atoms with Gasteiger partial charge < -0.3 is 0 Å². The summed E-state index contributed by atoms with van der Waals surface area (Å²) in [6, 6.07) is 17.0. The average molecular weight is 365 g/mol. The van der Waals surface area contributed by atoms with Crippen molar-refractivity contribution in [3.63, 3.8) is 0 Å². The van der Waals surface area contributed by atoms with Gasteiger partial charge in [-0.25, -0.2) is 0 Å². The molecule has 0 heterocycles. The fraction of sp³-hybridized carbons (Fsp3) is 0.176. The Morgan fingerprint density at radius 1 is 1.05 bits per heavy atom. The van der Waals surface area contributed by atoms with Gasteiger partial charge in [0.1, 0.15) is 0 Å². The van der Waals surface area contributed by atoms with E-state index in [1.165, 1.54) is 9.87 Å². The monoisotopic (exact) mass is 366 g/mol. The maximum absolute atomic E-state index is 12.4. The van der Waals surface area contributed by atoms with E-state index in [2.05, 4.69) is 0 Å². The molecule has 0 aliphatic heterocycles. The Bertz CT molecular complexity index is 717. The van der Waals surface area contributed by atoms with Crippen LogP contribution in [0.25, 0.3) is 0 Å². The fourth-order valence-electron chi connectivity index (χ4n) is 1.79. The molecule has 0 N–H and O–H groups in total. The first-order chi connectivity index (χ1) is 10.0. The number of hydrogen-bond donors (Lipinski definition) is 0. The maximum atomic E-state index is 12.4. The summed E-state index contributed by atoms with van der Waals surface area (Å²) in [5.41, 5.74) is 1.06. The van der Waals surface area contributed by atoms with Crippen molar-refractivity contribution in [2.24, 2.45) is 0 Å². The first kappa shape index (κ1) is 16.0. The van der Waals surface area contributed by atoms with Gasteiger partial charge in [-0.1, -0.05) is 0 Å². The molecule has 4 heteroatoms. The number of benzene rings is 2. The number of rotatable bonds is 5. The molecule has 0 fully saturated rings. The van der Waals surface area contributed by atoms with E-state index < -0.39 is 9.84 Å². The molecule has 0 bridgehead atoms. The van der Waals surface area contributed by atoms with Crippen LogP contribution in [0.1, 0.15) is 18.9 Å². The minimum atomic E-state index is -3.35. The summed E-state index contributed by atoms with van der Waals surface area (Å²) in [6.45, 7) is 3.95. The van der Waals surface area contributed by atoms with Crippen molar-refractivity contribution in [2.45, 2.75) is 25.2 Å². The van der Waals surface area contributed by atoms with Crippen LogP contribution in [0.15, 0.2) is 69.4 Å². The average Bonchev–Trinajstić information content (AvgIpc) is 2.48. The van der Waals surface area contributed by atoms with Gasteiger partial charge in [-0.2, -0.15) is 0 Å². The van der Waals surface area contributed by atoms with Crippen LogP contribution in [0, 0.1) is 6.92 Å². The van der Waals surface area contributed by atoms with Crippen molar-refractivity contribution >= 4 is 29.3 Å². The number of allylic oxidation sites excluding steroid dienone is 1.